The molecule has 1 unspecified atom stereocenters. The largest absolute Gasteiger partial charge is 0.492 e. The van der Waals surface area contributed by atoms with E-state index in [0.29, 0.717) is 23.2 Å². The quantitative estimate of drug-likeness (QED) is 0.299. The fourth-order valence-corrected chi connectivity index (χ4v) is 5.37. The molecule has 1 aromatic heterocycles. The first kappa shape index (κ1) is 24.3. The van der Waals surface area contributed by atoms with Crippen LogP contribution >= 0.6 is 11.6 Å². The molecule has 4 nitrogen and oxygen atoms in total. The maximum Gasteiger partial charge on any atom is 0.138 e. The fourth-order valence-electron chi connectivity index (χ4n) is 5.10. The Morgan fingerprint density at radius 2 is 1.78 bits per heavy atom. The summed E-state index contributed by atoms with van der Waals surface area (Å²) in [7, 11) is 0. The van der Waals surface area contributed by atoms with Crippen molar-refractivity contribution in [3.8, 4) is 34.1 Å². The Bertz CT molecular complexity index is 1410. The minimum Gasteiger partial charge on any atom is -0.492 e. The van der Waals surface area contributed by atoms with Gasteiger partial charge in [-0.05, 0) is 75.0 Å². The predicted molar refractivity (Wildman–Crippen MR) is 148 cm³/mol. The van der Waals surface area contributed by atoms with Crippen LogP contribution < -0.4 is 10.1 Å². The Balaban J connectivity index is 1.60. The van der Waals surface area contributed by atoms with Crippen molar-refractivity contribution in [3.05, 3.63) is 82.5 Å². The summed E-state index contributed by atoms with van der Waals surface area (Å²) in [5.41, 5.74) is 7.77. The predicted octanol–water partition coefficient (Wildman–Crippen LogP) is 7.62. The second kappa shape index (κ2) is 10.7. The van der Waals surface area contributed by atoms with Gasteiger partial charge in [0.05, 0.1) is 28.8 Å². The summed E-state index contributed by atoms with van der Waals surface area (Å²) in [5, 5.41) is 14.4. The molecule has 1 N–H and O–H groups in total. The topological polar surface area (TPSA) is 57.9 Å². The number of ether oxygens (including phenoxy) is 1. The van der Waals surface area contributed by atoms with E-state index in [0.717, 1.165) is 51.9 Å². The molecule has 1 atom stereocenters. The van der Waals surface area contributed by atoms with Crippen molar-refractivity contribution < 1.29 is 4.74 Å². The molecule has 1 saturated heterocycles. The number of benzene rings is 3. The maximum atomic E-state index is 9.18. The van der Waals surface area contributed by atoms with Gasteiger partial charge in [0.25, 0.3) is 0 Å². The van der Waals surface area contributed by atoms with E-state index in [9.17, 15) is 5.26 Å². The molecule has 182 valence electrons. The van der Waals surface area contributed by atoms with Crippen LogP contribution in [0.1, 0.15) is 42.4 Å². The molecule has 0 spiro atoms. The van der Waals surface area contributed by atoms with Crippen LogP contribution in [0.5, 0.6) is 5.75 Å². The van der Waals surface area contributed by atoms with E-state index in [-0.39, 0.29) is 0 Å². The molecule has 5 heteroatoms. The molecular weight excluding hydrogens is 466 g/mol. The van der Waals surface area contributed by atoms with Gasteiger partial charge in [0.2, 0.25) is 0 Å². The molecule has 5 rings (SSSR count). The summed E-state index contributed by atoms with van der Waals surface area (Å²) in [6.07, 6.45) is 6.59. The lowest BCUT2D eigenvalue weighted by Crippen LogP contribution is -2.35. The number of aryl methyl sites for hydroxylation is 2. The summed E-state index contributed by atoms with van der Waals surface area (Å²) >= 11 is 6.71. The lowest BCUT2D eigenvalue weighted by molar-refractivity contribution is 0.271. The number of nitriles is 1. The number of halogens is 1. The van der Waals surface area contributed by atoms with E-state index >= 15 is 0 Å². The lowest BCUT2D eigenvalue weighted by atomic mass is 9.97. The standard InChI is InChI=1S/C31H30ClN3O/c1-20-13-21(2)15-24(14-20)28-19-35-30-17-29(32)26(23-8-6-22(18-33)7-9-23)16-27(30)31(28)36-12-10-25-5-3-4-11-34-25/h6-9,13-17,19,25,34H,3-5,10-12H2,1-2H3. The van der Waals surface area contributed by atoms with E-state index in [1.165, 1.54) is 30.4 Å². The van der Waals surface area contributed by atoms with Crippen LogP contribution in [0.15, 0.2) is 60.8 Å². The minimum atomic E-state index is 0.500. The summed E-state index contributed by atoms with van der Waals surface area (Å²) in [6.45, 7) is 5.94. The molecule has 0 amide bonds. The number of hydrogen-bond acceptors (Lipinski definition) is 4. The summed E-state index contributed by atoms with van der Waals surface area (Å²) in [6, 6.07) is 20.7. The molecule has 2 heterocycles. The Hall–Kier alpha value is -3.39. The van der Waals surface area contributed by atoms with Gasteiger partial charge in [0, 0.05) is 28.8 Å². The maximum absolute atomic E-state index is 9.18. The first-order chi connectivity index (χ1) is 17.5. The van der Waals surface area contributed by atoms with Gasteiger partial charge >= 0.3 is 0 Å². The van der Waals surface area contributed by atoms with E-state index < -0.39 is 0 Å². The zero-order valence-electron chi connectivity index (χ0n) is 20.8. The van der Waals surface area contributed by atoms with Gasteiger partial charge in [0.15, 0.2) is 0 Å². The SMILES string of the molecule is Cc1cc(C)cc(-c2cnc3cc(Cl)c(-c4ccc(C#N)cc4)cc3c2OCCC2CCCCN2)c1. The normalized spacial score (nSPS) is 15.6. The first-order valence-electron chi connectivity index (χ1n) is 12.6. The van der Waals surface area contributed by atoms with Crippen molar-refractivity contribution in [3.63, 3.8) is 0 Å². The highest BCUT2D eigenvalue weighted by molar-refractivity contribution is 6.34. The molecule has 0 saturated carbocycles. The highest BCUT2D eigenvalue weighted by Gasteiger charge is 2.18. The van der Waals surface area contributed by atoms with Crippen LogP contribution in [0, 0.1) is 25.2 Å². The van der Waals surface area contributed by atoms with Crippen molar-refractivity contribution in [2.75, 3.05) is 13.2 Å². The van der Waals surface area contributed by atoms with Crippen molar-refractivity contribution in [1.29, 1.82) is 5.26 Å². The molecule has 1 aliphatic rings. The number of nitrogens with one attached hydrogen (secondary N) is 1. The second-order valence-corrected chi connectivity index (χ2v) is 10.1. The van der Waals surface area contributed by atoms with Gasteiger partial charge in [-0.3, -0.25) is 4.98 Å². The number of fused-ring (bicyclic) bond motifs is 1. The van der Waals surface area contributed by atoms with Crippen molar-refractivity contribution in [2.45, 2.75) is 45.6 Å². The van der Waals surface area contributed by atoms with Crippen LogP contribution in [0.4, 0.5) is 0 Å². The van der Waals surface area contributed by atoms with Crippen LogP contribution in [0.25, 0.3) is 33.2 Å². The Labute approximate surface area is 217 Å². The van der Waals surface area contributed by atoms with Crippen LogP contribution in [0.3, 0.4) is 0 Å². The molecule has 3 aromatic carbocycles. The lowest BCUT2D eigenvalue weighted by Gasteiger charge is -2.24. The Morgan fingerprint density at radius 3 is 2.47 bits per heavy atom. The zero-order chi connectivity index (χ0) is 25.1. The third-order valence-corrected chi connectivity index (χ3v) is 7.20. The highest BCUT2D eigenvalue weighted by atomic mass is 35.5. The van der Waals surface area contributed by atoms with Crippen molar-refractivity contribution >= 4 is 22.5 Å². The van der Waals surface area contributed by atoms with Gasteiger partial charge in [-0.15, -0.1) is 0 Å². The van der Waals surface area contributed by atoms with Crippen LogP contribution in [0.2, 0.25) is 5.02 Å². The minimum absolute atomic E-state index is 0.500. The molecule has 0 bridgehead atoms. The van der Waals surface area contributed by atoms with E-state index in [2.05, 4.69) is 49.5 Å². The van der Waals surface area contributed by atoms with Gasteiger partial charge < -0.3 is 10.1 Å². The monoisotopic (exact) mass is 495 g/mol. The molecule has 4 aromatic rings. The van der Waals surface area contributed by atoms with E-state index in [1.54, 1.807) is 0 Å². The highest BCUT2D eigenvalue weighted by Crippen LogP contribution is 2.41. The summed E-state index contributed by atoms with van der Waals surface area (Å²) in [5.74, 6) is 0.840. The number of hydrogen-bond donors (Lipinski definition) is 1. The molecule has 1 fully saturated rings. The van der Waals surface area contributed by atoms with Crippen molar-refractivity contribution in [1.82, 2.24) is 10.3 Å². The van der Waals surface area contributed by atoms with Crippen LogP contribution in [-0.2, 0) is 0 Å². The zero-order valence-corrected chi connectivity index (χ0v) is 21.5. The third-order valence-electron chi connectivity index (χ3n) is 6.89. The van der Waals surface area contributed by atoms with Gasteiger partial charge in [-0.25, -0.2) is 0 Å². The summed E-state index contributed by atoms with van der Waals surface area (Å²) < 4.78 is 6.59. The Morgan fingerprint density at radius 1 is 1.00 bits per heavy atom. The average molecular weight is 496 g/mol. The van der Waals surface area contributed by atoms with Gasteiger partial charge in [0.1, 0.15) is 5.75 Å². The number of pyridine rings is 1. The van der Waals surface area contributed by atoms with E-state index in [1.807, 2.05) is 36.5 Å². The van der Waals surface area contributed by atoms with Gasteiger partial charge in [-0.2, -0.15) is 5.26 Å². The number of rotatable bonds is 6. The average Bonchev–Trinajstić information content (AvgIpc) is 2.88. The fraction of sp³-hybridized carbons (Fsp3) is 0.290. The number of aromatic nitrogens is 1. The molecule has 0 radical (unpaired) electrons. The molecule has 36 heavy (non-hydrogen) atoms. The van der Waals surface area contributed by atoms with Gasteiger partial charge in [-0.1, -0.05) is 59.5 Å². The Kier molecular flexibility index (Phi) is 7.23. The number of nitrogens with zero attached hydrogens (tertiary/aromatic N) is 2. The second-order valence-electron chi connectivity index (χ2n) is 9.70. The summed E-state index contributed by atoms with van der Waals surface area (Å²) in [4.78, 5) is 4.78. The first-order valence-corrected chi connectivity index (χ1v) is 13.0. The van der Waals surface area contributed by atoms with E-state index in [4.69, 9.17) is 21.3 Å². The van der Waals surface area contributed by atoms with Crippen molar-refractivity contribution in [2.24, 2.45) is 0 Å². The smallest absolute Gasteiger partial charge is 0.138 e. The third kappa shape index (κ3) is 5.23. The molecular formula is C31H30ClN3O. The molecule has 1 aliphatic heterocycles. The number of piperidine rings is 1. The van der Waals surface area contributed by atoms with Crippen LogP contribution in [-0.4, -0.2) is 24.2 Å². The molecule has 0 aliphatic carbocycles.